The maximum absolute atomic E-state index is 12.2. The number of fused-ring (bicyclic) bond motifs is 30. The Hall–Kier alpha value is -7.11. The van der Waals surface area contributed by atoms with Crippen molar-refractivity contribution < 1.29 is 119 Å². The number of rotatable bonds is 2. The third kappa shape index (κ3) is 18.7. The zero-order chi connectivity index (χ0) is 96.0. The number of aromatic hydroxyl groups is 2. The summed E-state index contributed by atoms with van der Waals surface area (Å²) in [5.41, 5.74) is 22.2. The van der Waals surface area contributed by atoms with Crippen molar-refractivity contribution >= 4 is 40.9 Å². The van der Waals surface area contributed by atoms with E-state index < -0.39 is 56.9 Å². The third-order valence-corrected chi connectivity index (χ3v) is 39.0. The molecule has 8 saturated carbocycles. The standard InChI is InChI=1S/C21H28O4.C21H26O2.C19H24O.C19H22O.C18H24O4.C18H20O2.Al.Li.4O.Os.4H/c1-11-4-6-14-13(10-11)5-7-16-15(14)8-9-21(3)17(16)18(23)19(24)20(21)25-12(2)22;1-13-4-6-16-15(12-13)5-7-18-17(16)10-11-21(3)19(18)8-9-20(21)23-14(2)22;2*1-12-3-5-14-13(11-12)4-6-16-15(14)9-10-19(2)17(16)7-8-18(19)20;1-18-7-6-12-11-5-3-10(19)8-9(11)2-4-13(12)14(18)15(20)16(21)17(18)22;1-18-9-8-14-13-5-3-12(19)10-11(13)2-4-15(14)16(18)6-7-17(18)20;;;;;;;;;;;/h4,6,10,15-20,23-24H,5,7-9H2,1-3H3;4,6,8-9,12,17-20H,5,7,10-11H2,1-3H3;3,5,7-8,11,15-18,20H,4,6,9-10H2,1-2H3;3,5,7-8,11,15-17H,4,6,9-10H2,1-2H3;3,5,8,12-17,19-22H,2,4,6-7H2,1H3;3,5-7,10,14-16,19H,2,4,8-9H2,1H3;;;;;;;;;;;/q;;;;;;;+1;;;;;;;;;-1/t15?,16?,17?,18-,19-,20+,21+;17?,18?,19?,20-,21-;15?,16?,17?,18-,19-;15?,16?,17?,19-;12?,13?,14?,15-,16-,17+,18+;14?,15?,16?,18-;;;;;;;;;;;/m100010.........../s1. The van der Waals surface area contributed by atoms with E-state index in [4.69, 9.17) is 23.6 Å². The first kappa shape index (κ1) is 103. The number of phenols is 2. The number of aliphatic hydroxyl groups excluding tert-OH is 6. The number of esters is 2. The number of hydrogen-bond acceptors (Lipinski definition) is 18. The van der Waals surface area contributed by atoms with Gasteiger partial charge in [-0.1, -0.05) is 179 Å². The van der Waals surface area contributed by atoms with E-state index >= 15 is 0 Å². The fourth-order valence-electron chi connectivity index (χ4n) is 32.2. The number of aryl methyl sites for hydroxylation is 10. The molecule has 0 aliphatic heterocycles. The molecule has 18 aliphatic carbocycles. The van der Waals surface area contributed by atoms with Crippen LogP contribution in [0.15, 0.2) is 158 Å². The second-order valence-electron chi connectivity index (χ2n) is 46.2. The fourth-order valence-corrected chi connectivity index (χ4v) is 32.2. The summed E-state index contributed by atoms with van der Waals surface area (Å²) in [6.07, 6.45) is 37.7. The van der Waals surface area contributed by atoms with Crippen LogP contribution in [0.1, 0.15) is 297 Å². The first-order valence-electron chi connectivity index (χ1n) is 50.9. The number of phenolic OH excluding ortho intramolecular Hbond substituents is 2. The number of ketones is 2. The first-order chi connectivity index (χ1) is 64.0. The molecule has 6 aromatic carbocycles. The van der Waals surface area contributed by atoms with Crippen LogP contribution in [0.3, 0.4) is 0 Å². The van der Waals surface area contributed by atoms with Crippen molar-refractivity contribution in [3.63, 3.8) is 0 Å². The molecule has 0 bridgehead atoms. The minimum atomic E-state index is -6.06. The molecule has 18 nitrogen and oxygen atoms in total. The Morgan fingerprint density at radius 3 is 1.04 bits per heavy atom. The normalized spacial score (nSPS) is 39.3. The number of carbonyl (C=O) groups excluding carboxylic acids is 4. The molecule has 0 aromatic heterocycles. The molecule has 18 aliphatic rings. The van der Waals surface area contributed by atoms with Gasteiger partial charge in [-0.05, 0) is 398 Å². The van der Waals surface area contributed by atoms with Crippen molar-refractivity contribution in [1.29, 1.82) is 0 Å². The van der Waals surface area contributed by atoms with Crippen molar-refractivity contribution in [2.45, 2.75) is 322 Å². The molecule has 18 unspecified atom stereocenters. The van der Waals surface area contributed by atoms with E-state index in [1.54, 1.807) is 39.4 Å². The molecule has 8 fully saturated rings. The minimum absolute atomic E-state index is 0. The van der Waals surface area contributed by atoms with Crippen molar-refractivity contribution in [3.8, 4) is 11.5 Å². The average molecular weight is 2050 g/mol. The van der Waals surface area contributed by atoms with Crippen LogP contribution in [0.5, 0.6) is 11.5 Å². The summed E-state index contributed by atoms with van der Waals surface area (Å²) in [5.74, 6) is 9.49. The fraction of sp³-hybridized carbons (Fsp3) is 0.586. The van der Waals surface area contributed by atoms with Gasteiger partial charge in [0.25, 0.3) is 0 Å². The van der Waals surface area contributed by atoms with Gasteiger partial charge >= 0.3 is 59.8 Å². The van der Waals surface area contributed by atoms with Gasteiger partial charge in [-0.3, -0.25) is 19.2 Å². The van der Waals surface area contributed by atoms with Crippen LogP contribution in [-0.2, 0) is 96.2 Å². The Kier molecular flexibility index (Phi) is 29.7. The quantitative estimate of drug-likeness (QED) is 0.0454. The van der Waals surface area contributed by atoms with E-state index in [1.165, 1.54) is 127 Å². The van der Waals surface area contributed by atoms with Gasteiger partial charge in [-0.15, -0.1) is 0 Å². The summed E-state index contributed by atoms with van der Waals surface area (Å²) < 4.78 is 45.6. The Morgan fingerprint density at radius 2 is 0.650 bits per heavy atom. The average Bonchev–Trinajstić information content (AvgIpc) is 1.57. The monoisotopic (exact) mass is 2060 g/mol. The second kappa shape index (κ2) is 39.5. The Bertz CT molecular complexity index is 5870. The number of carbonyl (C=O) groups is 4. The number of allylic oxidation sites excluding steroid dienone is 6. The number of ether oxygens (including phenoxy) is 2. The molecular weight excluding hydrogens is 1910 g/mol. The van der Waals surface area contributed by atoms with Gasteiger partial charge in [-0.25, -0.2) is 0 Å². The van der Waals surface area contributed by atoms with Crippen molar-refractivity contribution in [2.24, 2.45) is 104 Å². The van der Waals surface area contributed by atoms with Crippen LogP contribution in [-0.4, -0.2) is 131 Å². The molecular formula is C116H148AlLiO18Os. The summed E-state index contributed by atoms with van der Waals surface area (Å²) >= 11 is -6.06. The molecule has 0 heterocycles. The molecule has 0 amide bonds. The molecule has 6 aromatic rings. The zero-order valence-electron chi connectivity index (χ0n) is 83.0. The van der Waals surface area contributed by atoms with E-state index in [-0.39, 0.29) is 107 Å². The SMILES string of the molecule is CC(=O)O[C@H]1C=CC2C3CCc4cc(C)ccc4C3CC[C@@]21C.CC(=O)O[C@H]1[C@H](O)[C@H](O)C2C3CCc4cc(C)ccc4C3CC[C@@]21C.C[C@]12CCC3c4ccc(O)cc4CCC3C1C=CC2=O.C[C@]12CCC3c4ccc(O)cc4CCC3C1[C@@H](O)[C@@H](O)[C@@H]2O.Cc1ccc2c(c1)CCC1C2CC[C@@]2(C)C1C=C[C@@H]2O.Cc1ccc2c(c1)CCC1C2CC[C@]2(C)C(=O)C=CC12.[AlH3].[H-].[Li+].[O]=[Os](=[O])(=[O])=[O]. The molecule has 0 radical (unpaired) electrons. The second-order valence-corrected chi connectivity index (χ2v) is 48.7. The van der Waals surface area contributed by atoms with Crippen molar-refractivity contribution in [1.82, 2.24) is 0 Å². The Labute approximate surface area is 836 Å². The summed E-state index contributed by atoms with van der Waals surface area (Å²) in [7, 11) is 0. The van der Waals surface area contributed by atoms with E-state index in [2.05, 4.69) is 178 Å². The van der Waals surface area contributed by atoms with Crippen LogP contribution >= 0.6 is 0 Å². The van der Waals surface area contributed by atoms with Gasteiger partial charge in [0.2, 0.25) is 0 Å². The Morgan fingerprint density at radius 1 is 0.350 bits per heavy atom. The topological polar surface area (TPSA) is 317 Å². The van der Waals surface area contributed by atoms with Gasteiger partial charge in [0.1, 0.15) is 35.9 Å². The predicted octanol–water partition coefficient (Wildman–Crippen LogP) is 16.1. The summed E-state index contributed by atoms with van der Waals surface area (Å²) in [5, 5.41) is 82.1. The molecule has 732 valence electrons. The molecule has 0 saturated heterocycles. The van der Waals surface area contributed by atoms with Crippen LogP contribution in [0.2, 0.25) is 0 Å². The molecule has 32 atom stereocenters. The van der Waals surface area contributed by atoms with Gasteiger partial charge < -0.3 is 51.8 Å². The molecule has 24 rings (SSSR count). The molecule has 137 heavy (non-hydrogen) atoms. The molecule has 8 N–H and O–H groups in total. The van der Waals surface area contributed by atoms with Gasteiger partial charge in [-0.2, -0.15) is 0 Å². The van der Waals surface area contributed by atoms with E-state index in [0.717, 1.165) is 102 Å². The number of aliphatic hydroxyl groups is 6. The van der Waals surface area contributed by atoms with Crippen molar-refractivity contribution in [3.05, 3.63) is 247 Å². The van der Waals surface area contributed by atoms with E-state index in [1.807, 2.05) is 43.3 Å². The molecule has 0 spiro atoms. The van der Waals surface area contributed by atoms with Crippen LogP contribution in [0.25, 0.3) is 0 Å². The Balaban J connectivity index is 0.000000124. The number of benzene rings is 6. The van der Waals surface area contributed by atoms with Crippen molar-refractivity contribution in [2.75, 3.05) is 0 Å². The van der Waals surface area contributed by atoms with Crippen LogP contribution in [0, 0.1) is 131 Å². The summed E-state index contributed by atoms with van der Waals surface area (Å²) in [6, 6.07) is 39.2. The third-order valence-electron chi connectivity index (χ3n) is 39.0. The zero-order valence-corrected chi connectivity index (χ0v) is 84.5. The van der Waals surface area contributed by atoms with Crippen LogP contribution < -0.4 is 18.9 Å². The summed E-state index contributed by atoms with van der Waals surface area (Å²) in [4.78, 5) is 47.4. The first-order valence-corrected chi connectivity index (χ1v) is 55.0. The maximum atomic E-state index is 12.2. The van der Waals surface area contributed by atoms with E-state index in [0.29, 0.717) is 106 Å². The summed E-state index contributed by atoms with van der Waals surface area (Å²) in [6.45, 7) is 24.7. The van der Waals surface area contributed by atoms with Gasteiger partial charge in [0.05, 0.1) is 24.4 Å². The predicted molar refractivity (Wildman–Crippen MR) is 521 cm³/mol. The van der Waals surface area contributed by atoms with E-state index in [9.17, 15) is 60.0 Å². The molecule has 21 heteroatoms. The number of hydrogen-bond donors (Lipinski definition) is 8. The van der Waals surface area contributed by atoms with Gasteiger partial charge in [0.15, 0.2) is 28.9 Å². The van der Waals surface area contributed by atoms with Crippen LogP contribution in [0.4, 0.5) is 0 Å². The van der Waals surface area contributed by atoms with Gasteiger partial charge in [0, 0.05) is 46.3 Å².